The van der Waals surface area contributed by atoms with E-state index in [0.29, 0.717) is 18.5 Å². The zero-order chi connectivity index (χ0) is 18.8. The molecule has 0 unspecified atom stereocenters. The summed E-state index contributed by atoms with van der Waals surface area (Å²) in [5.41, 5.74) is 3.55. The molecular formula is C23H26N2O2. The molecule has 1 aliphatic rings. The minimum Gasteiger partial charge on any atom is -0.484 e. The maximum atomic E-state index is 12.8. The Balaban J connectivity index is 1.40. The topological polar surface area (TPSA) is 45.3 Å². The van der Waals surface area contributed by atoms with Gasteiger partial charge >= 0.3 is 0 Å². The zero-order valence-corrected chi connectivity index (χ0v) is 15.9. The number of carbonyl (C=O) groups excluding carboxylic acids is 1. The van der Waals surface area contributed by atoms with Gasteiger partial charge in [0.15, 0.2) is 6.61 Å². The summed E-state index contributed by atoms with van der Waals surface area (Å²) in [6.07, 6.45) is 4.11. The number of nitrogens with zero attached hydrogens (tertiary/aromatic N) is 1. The third kappa shape index (κ3) is 4.16. The molecule has 4 heteroatoms. The maximum absolute atomic E-state index is 12.8. The third-order valence-corrected chi connectivity index (χ3v) is 5.19. The molecule has 1 aromatic heterocycles. The van der Waals surface area contributed by atoms with Crippen LogP contribution in [0.4, 0.5) is 0 Å². The number of hydrogen-bond acceptors (Lipinski definition) is 2. The van der Waals surface area contributed by atoms with Gasteiger partial charge in [0, 0.05) is 24.3 Å². The van der Waals surface area contributed by atoms with Crippen molar-refractivity contribution in [2.24, 2.45) is 0 Å². The number of aromatic nitrogens is 1. The maximum Gasteiger partial charge on any atom is 0.261 e. The second-order valence-corrected chi connectivity index (χ2v) is 7.66. The van der Waals surface area contributed by atoms with Crippen molar-refractivity contribution in [1.29, 1.82) is 0 Å². The Morgan fingerprint density at radius 1 is 1.15 bits per heavy atom. The van der Waals surface area contributed by atoms with Crippen LogP contribution in [-0.4, -0.2) is 28.4 Å². The third-order valence-electron chi connectivity index (χ3n) is 5.19. The van der Waals surface area contributed by atoms with Crippen LogP contribution in [0.5, 0.6) is 5.75 Å². The van der Waals surface area contributed by atoms with Crippen molar-refractivity contribution in [2.75, 3.05) is 6.61 Å². The molecule has 0 radical (unpaired) electrons. The number of amides is 1. The van der Waals surface area contributed by atoms with Gasteiger partial charge in [-0.1, -0.05) is 32.0 Å². The van der Waals surface area contributed by atoms with Crippen LogP contribution in [0.2, 0.25) is 0 Å². The van der Waals surface area contributed by atoms with Crippen molar-refractivity contribution >= 4 is 16.8 Å². The fourth-order valence-corrected chi connectivity index (χ4v) is 3.38. The molecular weight excluding hydrogens is 336 g/mol. The number of rotatable bonds is 7. The monoisotopic (exact) mass is 362 g/mol. The Hall–Kier alpha value is -2.75. The van der Waals surface area contributed by atoms with Crippen molar-refractivity contribution in [1.82, 2.24) is 9.88 Å². The lowest BCUT2D eigenvalue weighted by Crippen LogP contribution is -2.36. The SMILES string of the molecule is CC(C)c1ccc(OCC(=O)N(Cc2ccc3[nH]ccc3c2)C2CC2)cc1. The molecule has 3 aromatic rings. The first kappa shape index (κ1) is 17.7. The highest BCUT2D eigenvalue weighted by atomic mass is 16.5. The summed E-state index contributed by atoms with van der Waals surface area (Å²) in [5, 5.41) is 1.18. The number of H-pyrrole nitrogens is 1. The average Bonchev–Trinajstić information content (AvgIpc) is 3.41. The summed E-state index contributed by atoms with van der Waals surface area (Å²) in [4.78, 5) is 18.0. The molecule has 1 aliphatic carbocycles. The van der Waals surface area contributed by atoms with E-state index in [0.717, 1.165) is 29.7 Å². The summed E-state index contributed by atoms with van der Waals surface area (Å²) >= 11 is 0. The summed E-state index contributed by atoms with van der Waals surface area (Å²) in [5.74, 6) is 1.29. The van der Waals surface area contributed by atoms with Crippen LogP contribution in [0.25, 0.3) is 10.9 Å². The fraction of sp³-hybridized carbons (Fsp3) is 0.348. The number of hydrogen-bond donors (Lipinski definition) is 1. The van der Waals surface area contributed by atoms with Gasteiger partial charge in [0.2, 0.25) is 0 Å². The minimum absolute atomic E-state index is 0.0552. The highest BCUT2D eigenvalue weighted by Crippen LogP contribution is 2.29. The first-order valence-corrected chi connectivity index (χ1v) is 9.68. The highest BCUT2D eigenvalue weighted by molar-refractivity contribution is 5.81. The molecule has 1 N–H and O–H groups in total. The van der Waals surface area contributed by atoms with E-state index in [1.165, 1.54) is 10.9 Å². The van der Waals surface area contributed by atoms with Crippen molar-refractivity contribution in [2.45, 2.75) is 45.2 Å². The Bertz CT molecular complexity index is 923. The molecule has 140 valence electrons. The summed E-state index contributed by atoms with van der Waals surface area (Å²) in [6, 6.07) is 16.8. The van der Waals surface area contributed by atoms with Crippen LogP contribution in [0.15, 0.2) is 54.7 Å². The molecule has 4 nitrogen and oxygen atoms in total. The Morgan fingerprint density at radius 2 is 1.93 bits per heavy atom. The first-order chi connectivity index (χ1) is 13.1. The number of fused-ring (bicyclic) bond motifs is 1. The Labute approximate surface area is 160 Å². The molecule has 0 aliphatic heterocycles. The van der Waals surface area contributed by atoms with Gasteiger partial charge in [0.05, 0.1) is 0 Å². The van der Waals surface area contributed by atoms with Gasteiger partial charge in [0.25, 0.3) is 5.91 Å². The molecule has 0 spiro atoms. The van der Waals surface area contributed by atoms with Crippen LogP contribution in [-0.2, 0) is 11.3 Å². The minimum atomic E-state index is 0.0552. The first-order valence-electron chi connectivity index (χ1n) is 9.68. The lowest BCUT2D eigenvalue weighted by atomic mass is 10.0. The van der Waals surface area contributed by atoms with E-state index in [1.807, 2.05) is 23.2 Å². The van der Waals surface area contributed by atoms with Gasteiger partial charge in [-0.3, -0.25) is 4.79 Å². The Kier molecular flexibility index (Phi) is 4.88. The molecule has 0 atom stereocenters. The van der Waals surface area contributed by atoms with E-state index in [1.54, 1.807) is 0 Å². The van der Waals surface area contributed by atoms with Gasteiger partial charge in [-0.25, -0.2) is 0 Å². The summed E-state index contributed by atoms with van der Waals surface area (Å²) in [7, 11) is 0. The number of aromatic amines is 1. The van der Waals surface area contributed by atoms with Gasteiger partial charge < -0.3 is 14.6 Å². The Morgan fingerprint density at radius 3 is 2.63 bits per heavy atom. The van der Waals surface area contributed by atoms with E-state index in [9.17, 15) is 4.79 Å². The van der Waals surface area contributed by atoms with Gasteiger partial charge in [0.1, 0.15) is 5.75 Å². The van der Waals surface area contributed by atoms with Crippen LogP contribution in [0, 0.1) is 0 Å². The fourth-order valence-electron chi connectivity index (χ4n) is 3.38. The van der Waals surface area contributed by atoms with Crippen molar-refractivity contribution in [3.05, 3.63) is 65.9 Å². The molecule has 4 rings (SSSR count). The number of benzene rings is 2. The van der Waals surface area contributed by atoms with E-state index < -0.39 is 0 Å². The molecule has 0 saturated heterocycles. The van der Waals surface area contributed by atoms with Crippen molar-refractivity contribution in [3.63, 3.8) is 0 Å². The second-order valence-electron chi connectivity index (χ2n) is 7.66. The van der Waals surface area contributed by atoms with Crippen LogP contribution in [0.3, 0.4) is 0 Å². The lowest BCUT2D eigenvalue weighted by Gasteiger charge is -2.23. The van der Waals surface area contributed by atoms with E-state index in [4.69, 9.17) is 4.74 Å². The largest absolute Gasteiger partial charge is 0.484 e. The molecule has 1 fully saturated rings. The van der Waals surface area contributed by atoms with Crippen LogP contribution in [0.1, 0.15) is 43.7 Å². The smallest absolute Gasteiger partial charge is 0.261 e. The van der Waals surface area contributed by atoms with Crippen molar-refractivity contribution < 1.29 is 9.53 Å². The molecule has 2 aromatic carbocycles. The summed E-state index contributed by atoms with van der Waals surface area (Å²) < 4.78 is 5.76. The van der Waals surface area contributed by atoms with Gasteiger partial charge in [-0.05, 0) is 65.6 Å². The molecule has 1 amide bonds. The number of nitrogens with one attached hydrogen (secondary N) is 1. The second kappa shape index (κ2) is 7.47. The quantitative estimate of drug-likeness (QED) is 0.652. The van der Waals surface area contributed by atoms with E-state index in [2.05, 4.69) is 55.2 Å². The predicted octanol–water partition coefficient (Wildman–Crippen LogP) is 4.86. The average molecular weight is 362 g/mol. The van der Waals surface area contributed by atoms with Crippen molar-refractivity contribution in [3.8, 4) is 5.75 Å². The van der Waals surface area contributed by atoms with Crippen LogP contribution >= 0.6 is 0 Å². The van der Waals surface area contributed by atoms with E-state index in [-0.39, 0.29) is 12.5 Å². The molecule has 27 heavy (non-hydrogen) atoms. The lowest BCUT2D eigenvalue weighted by molar-refractivity contribution is -0.134. The number of ether oxygens (including phenoxy) is 1. The highest BCUT2D eigenvalue weighted by Gasteiger charge is 2.32. The number of carbonyl (C=O) groups is 1. The molecule has 1 saturated carbocycles. The predicted molar refractivity (Wildman–Crippen MR) is 108 cm³/mol. The molecule has 0 bridgehead atoms. The normalized spacial score (nSPS) is 13.9. The summed E-state index contributed by atoms with van der Waals surface area (Å²) in [6.45, 7) is 5.06. The van der Waals surface area contributed by atoms with Crippen LogP contribution < -0.4 is 4.74 Å². The molecule has 1 heterocycles. The zero-order valence-electron chi connectivity index (χ0n) is 15.9. The van der Waals surface area contributed by atoms with E-state index >= 15 is 0 Å². The van der Waals surface area contributed by atoms with Gasteiger partial charge in [-0.15, -0.1) is 0 Å². The van der Waals surface area contributed by atoms with Gasteiger partial charge in [-0.2, -0.15) is 0 Å². The standard InChI is InChI=1S/C23H26N2O2/c1-16(2)18-4-8-21(9-5-18)27-15-23(26)25(20-6-7-20)14-17-3-10-22-19(13-17)11-12-24-22/h3-5,8-13,16,20,24H,6-7,14-15H2,1-2H3.